The van der Waals surface area contributed by atoms with Crippen LogP contribution in [0.5, 0.6) is 0 Å². The second kappa shape index (κ2) is 10.7. The molecule has 4 nitrogen and oxygen atoms in total. The molecule has 0 aliphatic carbocycles. The summed E-state index contributed by atoms with van der Waals surface area (Å²) in [5.74, 6) is -1.31. The molecule has 0 amide bonds. The van der Waals surface area contributed by atoms with Crippen molar-refractivity contribution in [3.63, 3.8) is 0 Å². The molecule has 7 heteroatoms. The van der Waals surface area contributed by atoms with E-state index in [9.17, 15) is 13.6 Å². The summed E-state index contributed by atoms with van der Waals surface area (Å²) in [6, 6.07) is 10.1. The van der Waals surface area contributed by atoms with Gasteiger partial charge in [-0.15, -0.1) is 0 Å². The topological polar surface area (TPSA) is 56.1 Å². The van der Waals surface area contributed by atoms with Crippen LogP contribution in [0.15, 0.2) is 36.4 Å². The third kappa shape index (κ3) is 5.75. The van der Waals surface area contributed by atoms with Crippen LogP contribution in [-0.2, 0) is 11.3 Å². The molecule has 0 saturated heterocycles. The lowest BCUT2D eigenvalue weighted by Crippen LogP contribution is -2.43. The van der Waals surface area contributed by atoms with E-state index in [2.05, 4.69) is 5.32 Å². The largest absolute Gasteiger partial charge is 0.362 e. The first-order chi connectivity index (χ1) is 13.5. The predicted molar refractivity (Wildman–Crippen MR) is 106 cm³/mol. The van der Waals surface area contributed by atoms with Crippen molar-refractivity contribution in [3.05, 3.63) is 64.2 Å². The van der Waals surface area contributed by atoms with E-state index in [1.54, 1.807) is 18.2 Å². The van der Waals surface area contributed by atoms with Crippen LogP contribution >= 0.6 is 11.6 Å². The van der Waals surface area contributed by atoms with Gasteiger partial charge in [0.25, 0.3) is 0 Å². The standard InChI is InChI=1S/C21H22ClF2N3O/c1-2-8-26-13-19(7-9-28)27(14-16-3-5-17(23)10-21(16)24)18-6-4-15(12-25)20(22)11-18/h3-6,9-11,19,26H,2,7-8,13-14H2,1H3/t19-/m0/s1. The monoisotopic (exact) mass is 405 g/mol. The number of carbonyl (C=O) groups excluding carboxylic acids is 1. The first kappa shape index (κ1) is 21.8. The summed E-state index contributed by atoms with van der Waals surface area (Å²) in [7, 11) is 0. The molecule has 0 heterocycles. The molecule has 2 aromatic carbocycles. The molecule has 0 bridgehead atoms. The summed E-state index contributed by atoms with van der Waals surface area (Å²) in [4.78, 5) is 13.1. The van der Waals surface area contributed by atoms with Gasteiger partial charge in [0.05, 0.1) is 10.6 Å². The smallest absolute Gasteiger partial charge is 0.131 e. The SMILES string of the molecule is CCCNC[C@H](CC=O)N(Cc1ccc(F)cc1F)c1ccc(C#N)c(Cl)c1. The minimum absolute atomic E-state index is 0.126. The Bertz CT molecular complexity index is 854. The quantitative estimate of drug-likeness (QED) is 0.468. The van der Waals surface area contributed by atoms with Gasteiger partial charge in [0.15, 0.2) is 0 Å². The third-order valence-corrected chi connectivity index (χ3v) is 4.69. The van der Waals surface area contributed by atoms with E-state index in [-0.39, 0.29) is 24.0 Å². The molecule has 2 aromatic rings. The van der Waals surface area contributed by atoms with Crippen LogP contribution < -0.4 is 10.2 Å². The van der Waals surface area contributed by atoms with Crippen molar-refractivity contribution in [2.75, 3.05) is 18.0 Å². The summed E-state index contributed by atoms with van der Waals surface area (Å²) in [5.41, 5.74) is 1.28. The Balaban J connectivity index is 2.41. The molecule has 0 aliphatic rings. The summed E-state index contributed by atoms with van der Waals surface area (Å²) in [6.45, 7) is 3.45. The predicted octanol–water partition coefficient (Wildman–Crippen LogP) is 4.45. The lowest BCUT2D eigenvalue weighted by atomic mass is 10.1. The molecule has 1 N–H and O–H groups in total. The van der Waals surface area contributed by atoms with Crippen molar-refractivity contribution >= 4 is 23.6 Å². The van der Waals surface area contributed by atoms with Gasteiger partial charge in [0, 0.05) is 42.9 Å². The number of nitrogens with zero attached hydrogens (tertiary/aromatic N) is 2. The summed E-state index contributed by atoms with van der Waals surface area (Å²) < 4.78 is 27.5. The zero-order chi connectivity index (χ0) is 20.5. The number of carbonyl (C=O) groups is 1. The molecule has 148 valence electrons. The van der Waals surface area contributed by atoms with E-state index in [0.717, 1.165) is 25.3 Å². The molecule has 2 rings (SSSR count). The van der Waals surface area contributed by atoms with Crippen LogP contribution in [0.3, 0.4) is 0 Å². The van der Waals surface area contributed by atoms with E-state index in [1.165, 1.54) is 12.1 Å². The molecule has 0 spiro atoms. The van der Waals surface area contributed by atoms with Gasteiger partial charge in [-0.05, 0) is 37.2 Å². The van der Waals surface area contributed by atoms with Gasteiger partial charge in [0.2, 0.25) is 0 Å². The molecular weight excluding hydrogens is 384 g/mol. The van der Waals surface area contributed by atoms with Crippen molar-refractivity contribution in [2.45, 2.75) is 32.4 Å². The highest BCUT2D eigenvalue weighted by atomic mass is 35.5. The molecule has 0 fully saturated rings. The normalized spacial score (nSPS) is 11.7. The Labute approximate surface area is 168 Å². The van der Waals surface area contributed by atoms with Gasteiger partial charge in [-0.3, -0.25) is 0 Å². The first-order valence-corrected chi connectivity index (χ1v) is 9.42. The number of benzene rings is 2. The number of hydrogen-bond acceptors (Lipinski definition) is 4. The average Bonchev–Trinajstić information content (AvgIpc) is 2.67. The van der Waals surface area contributed by atoms with E-state index < -0.39 is 11.6 Å². The second-order valence-corrected chi connectivity index (χ2v) is 6.81. The molecule has 1 atom stereocenters. The Morgan fingerprint density at radius 2 is 2.07 bits per heavy atom. The number of rotatable bonds is 10. The average molecular weight is 406 g/mol. The lowest BCUT2D eigenvalue weighted by Gasteiger charge is -2.33. The maximum Gasteiger partial charge on any atom is 0.131 e. The van der Waals surface area contributed by atoms with Gasteiger partial charge >= 0.3 is 0 Å². The fourth-order valence-corrected chi connectivity index (χ4v) is 3.13. The fourth-order valence-electron chi connectivity index (χ4n) is 2.92. The Morgan fingerprint density at radius 1 is 1.29 bits per heavy atom. The number of anilines is 1. The number of nitrogens with one attached hydrogen (secondary N) is 1. The fraction of sp³-hybridized carbons (Fsp3) is 0.333. The highest BCUT2D eigenvalue weighted by molar-refractivity contribution is 6.32. The number of aldehydes is 1. The molecule has 0 unspecified atom stereocenters. The minimum Gasteiger partial charge on any atom is -0.362 e. The Hall–Kier alpha value is -2.49. The lowest BCUT2D eigenvalue weighted by molar-refractivity contribution is -0.108. The first-order valence-electron chi connectivity index (χ1n) is 9.04. The minimum atomic E-state index is -0.656. The highest BCUT2D eigenvalue weighted by Crippen LogP contribution is 2.27. The van der Waals surface area contributed by atoms with Crippen LogP contribution in [-0.4, -0.2) is 25.4 Å². The third-order valence-electron chi connectivity index (χ3n) is 4.38. The van der Waals surface area contributed by atoms with Crippen LogP contribution in [0.1, 0.15) is 30.9 Å². The maximum absolute atomic E-state index is 14.3. The van der Waals surface area contributed by atoms with Gasteiger partial charge in [-0.25, -0.2) is 8.78 Å². The zero-order valence-corrected chi connectivity index (χ0v) is 16.3. The van der Waals surface area contributed by atoms with Gasteiger partial charge in [0.1, 0.15) is 24.0 Å². The Morgan fingerprint density at radius 3 is 2.68 bits per heavy atom. The Kier molecular flexibility index (Phi) is 8.37. The van der Waals surface area contributed by atoms with Gasteiger partial charge < -0.3 is 15.0 Å². The van der Waals surface area contributed by atoms with Gasteiger partial charge in [-0.2, -0.15) is 5.26 Å². The molecular formula is C21H22ClF2N3O. The van der Waals surface area contributed by atoms with Crippen molar-refractivity contribution in [2.24, 2.45) is 0 Å². The second-order valence-electron chi connectivity index (χ2n) is 6.40. The molecule has 0 saturated carbocycles. The molecule has 0 aromatic heterocycles. The number of halogens is 3. The van der Waals surface area contributed by atoms with Crippen molar-refractivity contribution < 1.29 is 13.6 Å². The van der Waals surface area contributed by atoms with Crippen LogP contribution in [0.2, 0.25) is 5.02 Å². The molecule has 28 heavy (non-hydrogen) atoms. The van der Waals surface area contributed by atoms with Crippen molar-refractivity contribution in [3.8, 4) is 6.07 Å². The van der Waals surface area contributed by atoms with Crippen molar-refractivity contribution in [1.82, 2.24) is 5.32 Å². The summed E-state index contributed by atoms with van der Waals surface area (Å²) in [5, 5.41) is 12.6. The molecule has 0 radical (unpaired) electrons. The van der Waals surface area contributed by atoms with Crippen molar-refractivity contribution in [1.29, 1.82) is 5.26 Å². The van der Waals surface area contributed by atoms with E-state index in [4.69, 9.17) is 16.9 Å². The summed E-state index contributed by atoms with van der Waals surface area (Å²) >= 11 is 6.18. The summed E-state index contributed by atoms with van der Waals surface area (Å²) in [6.07, 6.45) is 1.97. The number of nitriles is 1. The van der Waals surface area contributed by atoms with E-state index in [1.807, 2.05) is 17.9 Å². The van der Waals surface area contributed by atoms with E-state index in [0.29, 0.717) is 23.4 Å². The highest BCUT2D eigenvalue weighted by Gasteiger charge is 2.21. The number of hydrogen-bond donors (Lipinski definition) is 1. The van der Waals surface area contributed by atoms with E-state index >= 15 is 0 Å². The van der Waals surface area contributed by atoms with Crippen LogP contribution in [0, 0.1) is 23.0 Å². The maximum atomic E-state index is 14.3. The zero-order valence-electron chi connectivity index (χ0n) is 15.6. The van der Waals surface area contributed by atoms with Crippen LogP contribution in [0.4, 0.5) is 14.5 Å². The molecule has 0 aliphatic heterocycles. The van der Waals surface area contributed by atoms with Gasteiger partial charge in [-0.1, -0.05) is 24.6 Å². The van der Waals surface area contributed by atoms with Crippen LogP contribution in [0.25, 0.3) is 0 Å².